The Balaban J connectivity index is 2.84. The van der Waals surface area contributed by atoms with Crippen LogP contribution in [0.15, 0.2) is 22.2 Å². The SMILES string of the molecule is CSc1ncc(/C=C\CCO)c(=O)[nH]1. The zero-order chi connectivity index (χ0) is 10.4. The summed E-state index contributed by atoms with van der Waals surface area (Å²) in [5.41, 5.74) is 0.356. The molecule has 0 amide bonds. The van der Waals surface area contributed by atoms with Gasteiger partial charge in [-0.05, 0) is 12.7 Å². The summed E-state index contributed by atoms with van der Waals surface area (Å²) in [6.07, 6.45) is 7.32. The molecular weight excluding hydrogens is 200 g/mol. The van der Waals surface area contributed by atoms with E-state index in [1.165, 1.54) is 18.0 Å². The summed E-state index contributed by atoms with van der Waals surface area (Å²) >= 11 is 1.39. The van der Waals surface area contributed by atoms with Gasteiger partial charge in [-0.2, -0.15) is 0 Å². The zero-order valence-electron chi connectivity index (χ0n) is 7.86. The molecular formula is C9H12N2O2S. The second-order valence-corrected chi connectivity index (χ2v) is 3.39. The number of nitrogens with one attached hydrogen (secondary N) is 1. The lowest BCUT2D eigenvalue weighted by Crippen LogP contribution is -2.10. The molecule has 14 heavy (non-hydrogen) atoms. The molecule has 0 aliphatic heterocycles. The first-order valence-electron chi connectivity index (χ1n) is 4.18. The highest BCUT2D eigenvalue weighted by Gasteiger charge is 1.97. The second kappa shape index (κ2) is 5.62. The molecule has 0 aliphatic carbocycles. The van der Waals surface area contributed by atoms with Crippen LogP contribution < -0.4 is 5.56 Å². The number of nitrogens with zero attached hydrogens (tertiary/aromatic N) is 1. The molecule has 0 aliphatic rings. The monoisotopic (exact) mass is 212 g/mol. The van der Waals surface area contributed by atoms with Gasteiger partial charge in [-0.15, -0.1) is 0 Å². The molecule has 1 aromatic heterocycles. The van der Waals surface area contributed by atoms with Crippen LogP contribution >= 0.6 is 11.8 Å². The summed E-state index contributed by atoms with van der Waals surface area (Å²) in [7, 11) is 0. The lowest BCUT2D eigenvalue weighted by Gasteiger charge is -1.95. The summed E-state index contributed by atoms with van der Waals surface area (Å²) in [4.78, 5) is 18.0. The molecule has 0 bridgehead atoms. The Morgan fingerprint density at radius 1 is 1.71 bits per heavy atom. The molecule has 0 radical (unpaired) electrons. The number of hydrogen-bond donors (Lipinski definition) is 2. The molecule has 0 atom stereocenters. The van der Waals surface area contributed by atoms with Gasteiger partial charge in [0.15, 0.2) is 5.16 Å². The number of hydrogen-bond acceptors (Lipinski definition) is 4. The van der Waals surface area contributed by atoms with Crippen molar-refractivity contribution in [1.29, 1.82) is 0 Å². The molecule has 1 rings (SSSR count). The number of rotatable bonds is 4. The summed E-state index contributed by atoms with van der Waals surface area (Å²) in [6.45, 7) is 0.0880. The van der Waals surface area contributed by atoms with Gasteiger partial charge in [0.2, 0.25) is 0 Å². The van der Waals surface area contributed by atoms with E-state index in [1.807, 2.05) is 6.26 Å². The minimum absolute atomic E-state index is 0.0880. The highest BCUT2D eigenvalue weighted by Crippen LogP contribution is 2.04. The Kier molecular flexibility index (Phi) is 4.42. The molecule has 1 aromatic rings. The molecule has 2 N–H and O–H groups in total. The van der Waals surface area contributed by atoms with Crippen molar-refractivity contribution in [2.75, 3.05) is 12.9 Å². The van der Waals surface area contributed by atoms with Crippen LogP contribution in [0.25, 0.3) is 6.08 Å². The highest BCUT2D eigenvalue weighted by atomic mass is 32.2. The molecule has 0 fully saturated rings. The first-order valence-corrected chi connectivity index (χ1v) is 5.41. The van der Waals surface area contributed by atoms with Gasteiger partial charge in [0.1, 0.15) is 0 Å². The third-order valence-electron chi connectivity index (χ3n) is 1.59. The Morgan fingerprint density at radius 2 is 2.50 bits per heavy atom. The number of thioether (sulfide) groups is 1. The molecule has 0 spiro atoms. The topological polar surface area (TPSA) is 66.0 Å². The third-order valence-corrected chi connectivity index (χ3v) is 2.18. The molecule has 5 heteroatoms. The smallest absolute Gasteiger partial charge is 0.258 e. The molecule has 0 unspecified atom stereocenters. The molecule has 4 nitrogen and oxygen atoms in total. The lowest BCUT2D eigenvalue weighted by atomic mass is 10.3. The zero-order valence-corrected chi connectivity index (χ0v) is 8.67. The van der Waals surface area contributed by atoms with Crippen LogP contribution in [0.2, 0.25) is 0 Å². The van der Waals surface area contributed by atoms with Gasteiger partial charge < -0.3 is 10.1 Å². The van der Waals surface area contributed by atoms with E-state index in [-0.39, 0.29) is 12.2 Å². The minimum Gasteiger partial charge on any atom is -0.396 e. The lowest BCUT2D eigenvalue weighted by molar-refractivity contribution is 0.303. The van der Waals surface area contributed by atoms with Crippen LogP contribution in [0, 0.1) is 0 Å². The number of aliphatic hydroxyl groups excluding tert-OH is 1. The van der Waals surface area contributed by atoms with E-state index in [0.29, 0.717) is 17.1 Å². The van der Waals surface area contributed by atoms with Crippen LogP contribution in [0.5, 0.6) is 0 Å². The molecule has 1 heterocycles. The van der Waals surface area contributed by atoms with Crippen molar-refractivity contribution in [1.82, 2.24) is 9.97 Å². The van der Waals surface area contributed by atoms with Gasteiger partial charge in [-0.3, -0.25) is 4.79 Å². The average molecular weight is 212 g/mol. The van der Waals surface area contributed by atoms with Crippen molar-refractivity contribution in [2.45, 2.75) is 11.6 Å². The van der Waals surface area contributed by atoms with Gasteiger partial charge >= 0.3 is 0 Å². The maximum atomic E-state index is 11.4. The van der Waals surface area contributed by atoms with Crippen molar-refractivity contribution in [3.05, 3.63) is 28.2 Å². The Labute approximate surface area is 86.1 Å². The number of aromatic nitrogens is 2. The van der Waals surface area contributed by atoms with Crippen LogP contribution in [0.1, 0.15) is 12.0 Å². The van der Waals surface area contributed by atoms with Gasteiger partial charge in [0.05, 0.1) is 5.56 Å². The average Bonchev–Trinajstić information content (AvgIpc) is 2.20. The highest BCUT2D eigenvalue weighted by molar-refractivity contribution is 7.98. The summed E-state index contributed by atoms with van der Waals surface area (Å²) < 4.78 is 0. The molecule has 76 valence electrons. The van der Waals surface area contributed by atoms with Crippen LogP contribution in [0.3, 0.4) is 0 Å². The van der Waals surface area contributed by atoms with Crippen LogP contribution in [-0.2, 0) is 0 Å². The first kappa shape index (κ1) is 11.0. The fraction of sp³-hybridized carbons (Fsp3) is 0.333. The third kappa shape index (κ3) is 3.01. The van der Waals surface area contributed by atoms with E-state index in [2.05, 4.69) is 9.97 Å². The van der Waals surface area contributed by atoms with Gasteiger partial charge in [-0.1, -0.05) is 23.9 Å². The second-order valence-electron chi connectivity index (χ2n) is 2.59. The largest absolute Gasteiger partial charge is 0.396 e. The van der Waals surface area contributed by atoms with E-state index < -0.39 is 0 Å². The number of H-pyrrole nitrogens is 1. The maximum absolute atomic E-state index is 11.4. The predicted molar refractivity (Wildman–Crippen MR) is 57.4 cm³/mol. The van der Waals surface area contributed by atoms with E-state index in [1.54, 1.807) is 12.2 Å². The van der Waals surface area contributed by atoms with E-state index >= 15 is 0 Å². The van der Waals surface area contributed by atoms with Gasteiger partial charge in [0, 0.05) is 12.8 Å². The quantitative estimate of drug-likeness (QED) is 0.574. The molecule has 0 aromatic carbocycles. The van der Waals surface area contributed by atoms with Crippen LogP contribution in [-0.4, -0.2) is 27.9 Å². The molecule has 0 saturated heterocycles. The van der Waals surface area contributed by atoms with Crippen molar-refractivity contribution in [3.8, 4) is 0 Å². The van der Waals surface area contributed by atoms with Gasteiger partial charge in [-0.25, -0.2) is 4.98 Å². The Hall–Kier alpha value is -1.07. The fourth-order valence-electron chi connectivity index (χ4n) is 0.896. The summed E-state index contributed by atoms with van der Waals surface area (Å²) in [5, 5.41) is 9.15. The Bertz CT molecular complexity index is 373. The normalized spacial score (nSPS) is 11.0. The number of aliphatic hydroxyl groups is 1. The van der Waals surface area contributed by atoms with E-state index in [4.69, 9.17) is 5.11 Å². The maximum Gasteiger partial charge on any atom is 0.258 e. The van der Waals surface area contributed by atoms with Gasteiger partial charge in [0.25, 0.3) is 5.56 Å². The van der Waals surface area contributed by atoms with E-state index in [9.17, 15) is 4.79 Å². The van der Waals surface area contributed by atoms with Crippen molar-refractivity contribution < 1.29 is 5.11 Å². The molecule has 0 saturated carbocycles. The van der Waals surface area contributed by atoms with Crippen LogP contribution in [0.4, 0.5) is 0 Å². The summed E-state index contributed by atoms with van der Waals surface area (Å²) in [6, 6.07) is 0. The van der Waals surface area contributed by atoms with Crippen molar-refractivity contribution in [2.24, 2.45) is 0 Å². The standard InChI is InChI=1S/C9H12N2O2S/c1-14-9-10-6-7(8(13)11-9)4-2-3-5-12/h2,4,6,12H,3,5H2,1H3,(H,10,11,13)/b4-2-. The first-order chi connectivity index (χ1) is 6.77. The predicted octanol–water partition coefficient (Wildman–Crippen LogP) is 0.887. The minimum atomic E-state index is -0.154. The summed E-state index contributed by atoms with van der Waals surface area (Å²) in [5.74, 6) is 0. The number of aromatic amines is 1. The van der Waals surface area contributed by atoms with Crippen molar-refractivity contribution >= 4 is 17.8 Å². The fourth-order valence-corrected chi connectivity index (χ4v) is 1.25. The van der Waals surface area contributed by atoms with E-state index in [0.717, 1.165) is 0 Å². The van der Waals surface area contributed by atoms with Crippen molar-refractivity contribution in [3.63, 3.8) is 0 Å². The Morgan fingerprint density at radius 3 is 3.07 bits per heavy atom.